The monoisotopic (exact) mass is 505 g/mol. The summed E-state index contributed by atoms with van der Waals surface area (Å²) < 4.78 is 64.4. The van der Waals surface area contributed by atoms with Crippen LogP contribution in [0.15, 0.2) is 34.1 Å². The van der Waals surface area contributed by atoms with Crippen LogP contribution in [-0.2, 0) is 26.6 Å². The summed E-state index contributed by atoms with van der Waals surface area (Å²) in [6, 6.07) is 4.19. The lowest BCUT2D eigenvalue weighted by Crippen LogP contribution is -2.36. The van der Waals surface area contributed by atoms with Crippen LogP contribution < -0.4 is 19.5 Å². The molecule has 0 saturated heterocycles. The number of fused-ring (bicyclic) bond motifs is 1. The lowest BCUT2D eigenvalue weighted by Gasteiger charge is -2.14. The second-order valence-electron chi connectivity index (χ2n) is 6.46. The molecule has 0 spiro atoms. The van der Waals surface area contributed by atoms with Crippen LogP contribution >= 0.6 is 11.6 Å². The van der Waals surface area contributed by atoms with Crippen LogP contribution in [0, 0.1) is 0 Å². The molecular weight excluding hydrogens is 486 g/mol. The highest BCUT2D eigenvalue weighted by molar-refractivity contribution is 7.93. The number of nitrogens with one attached hydrogen (secondary N) is 2. The van der Waals surface area contributed by atoms with E-state index in [4.69, 9.17) is 21.1 Å². The molecule has 0 aliphatic carbocycles. The van der Waals surface area contributed by atoms with E-state index in [2.05, 4.69) is 15.3 Å². The van der Waals surface area contributed by atoms with Gasteiger partial charge in [0.2, 0.25) is 27.7 Å². The molecule has 2 N–H and O–H groups in total. The molecule has 15 heteroatoms. The van der Waals surface area contributed by atoms with Gasteiger partial charge in [-0.05, 0) is 18.1 Å². The van der Waals surface area contributed by atoms with Crippen LogP contribution in [0.2, 0.25) is 0 Å². The Kier molecular flexibility index (Phi) is 7.07. The van der Waals surface area contributed by atoms with E-state index in [-0.39, 0.29) is 41.6 Å². The van der Waals surface area contributed by atoms with Gasteiger partial charge in [0.05, 0.1) is 20.3 Å². The molecule has 1 aliphatic rings. The third-order valence-electron chi connectivity index (χ3n) is 4.39. The van der Waals surface area contributed by atoms with Gasteiger partial charge in [-0.1, -0.05) is 12.1 Å². The number of ether oxygens (including phenoxy) is 2. The van der Waals surface area contributed by atoms with Gasteiger partial charge in [-0.15, -0.1) is 11.6 Å². The first-order valence-corrected chi connectivity index (χ1v) is 12.6. The number of anilines is 1. The summed E-state index contributed by atoms with van der Waals surface area (Å²) in [6.07, 6.45) is 0.404. The van der Waals surface area contributed by atoms with Crippen molar-refractivity contribution in [1.29, 1.82) is 0 Å². The standard InChI is InChI=1S/C17H20ClN5O7S2/c1-29-13-9-14(30-2)20-16(19-13)21-17(24)22-31(25,26)12-6-3-5-11-10-23(8-4-7-18)32(27,28)15(11)12/h3,5-6,9H,4,7-8,10H2,1-2H3,(H2,19,20,21,22,24). The Balaban J connectivity index is 1.87. The number of alkyl halides is 1. The van der Waals surface area contributed by atoms with Gasteiger partial charge in [0, 0.05) is 19.0 Å². The number of amides is 2. The van der Waals surface area contributed by atoms with Gasteiger partial charge in [-0.25, -0.2) is 26.4 Å². The number of rotatable bonds is 8. The maximum absolute atomic E-state index is 12.9. The quantitative estimate of drug-likeness (QED) is 0.502. The molecular formula is C17H20ClN5O7S2. The zero-order valence-corrected chi connectivity index (χ0v) is 19.4. The second kappa shape index (κ2) is 9.44. The largest absolute Gasteiger partial charge is 0.481 e. The fourth-order valence-corrected chi connectivity index (χ4v) is 6.53. The Morgan fingerprint density at radius 3 is 2.47 bits per heavy atom. The Bertz CT molecular complexity index is 1220. The van der Waals surface area contributed by atoms with Crippen LogP contribution in [0.4, 0.5) is 10.7 Å². The van der Waals surface area contributed by atoms with Crippen molar-refractivity contribution >= 4 is 43.6 Å². The molecule has 0 fully saturated rings. The number of carbonyl (C=O) groups excluding carboxylic acids is 1. The first-order valence-electron chi connectivity index (χ1n) is 9.11. The maximum Gasteiger partial charge on any atom is 0.335 e. The first-order chi connectivity index (χ1) is 15.1. The molecule has 3 rings (SSSR count). The topological polar surface area (TPSA) is 157 Å². The summed E-state index contributed by atoms with van der Waals surface area (Å²) in [5.74, 6) is 0.108. The molecule has 12 nitrogen and oxygen atoms in total. The van der Waals surface area contributed by atoms with Crippen molar-refractivity contribution in [2.75, 3.05) is 32.0 Å². The lowest BCUT2D eigenvalue weighted by molar-refractivity contribution is 0.256. The third-order valence-corrected chi connectivity index (χ3v) is 8.14. The van der Waals surface area contributed by atoms with E-state index in [9.17, 15) is 21.6 Å². The highest BCUT2D eigenvalue weighted by Crippen LogP contribution is 2.35. The number of sulfonamides is 2. The molecule has 2 heterocycles. The molecule has 0 atom stereocenters. The average Bonchev–Trinajstić information content (AvgIpc) is 3.01. The predicted octanol–water partition coefficient (Wildman–Crippen LogP) is 1.14. The van der Waals surface area contributed by atoms with E-state index in [1.165, 1.54) is 32.4 Å². The smallest absolute Gasteiger partial charge is 0.335 e. The number of benzene rings is 1. The minimum absolute atomic E-state index is 0.0154. The minimum atomic E-state index is -4.56. The highest BCUT2D eigenvalue weighted by atomic mass is 35.5. The van der Waals surface area contributed by atoms with Gasteiger partial charge in [-0.3, -0.25) is 5.32 Å². The maximum atomic E-state index is 12.9. The summed E-state index contributed by atoms with van der Waals surface area (Å²) in [7, 11) is -5.97. The molecule has 1 aromatic carbocycles. The number of methoxy groups -OCH3 is 2. The van der Waals surface area contributed by atoms with E-state index < -0.39 is 31.0 Å². The number of halogens is 1. The van der Waals surface area contributed by atoms with Crippen molar-refractivity contribution in [3.63, 3.8) is 0 Å². The molecule has 32 heavy (non-hydrogen) atoms. The number of hydrogen-bond acceptors (Lipinski definition) is 9. The summed E-state index contributed by atoms with van der Waals surface area (Å²) >= 11 is 5.65. The van der Waals surface area contributed by atoms with E-state index >= 15 is 0 Å². The van der Waals surface area contributed by atoms with Crippen LogP contribution in [0.3, 0.4) is 0 Å². The molecule has 1 aromatic heterocycles. The SMILES string of the molecule is COc1cc(OC)nc(NC(=O)NS(=O)(=O)c2cccc3c2S(=O)(=O)N(CCCCl)C3)n1. The van der Waals surface area contributed by atoms with Gasteiger partial charge in [0.25, 0.3) is 10.0 Å². The molecule has 1 aliphatic heterocycles. The second-order valence-corrected chi connectivity index (χ2v) is 10.4. The van der Waals surface area contributed by atoms with E-state index in [0.717, 1.165) is 10.4 Å². The fraction of sp³-hybridized carbons (Fsp3) is 0.353. The van der Waals surface area contributed by atoms with Crippen molar-refractivity contribution in [2.24, 2.45) is 0 Å². The van der Waals surface area contributed by atoms with Crippen molar-refractivity contribution < 1.29 is 31.1 Å². The summed E-state index contributed by atoms with van der Waals surface area (Å²) in [5.41, 5.74) is 0.309. The lowest BCUT2D eigenvalue weighted by atomic mass is 10.2. The van der Waals surface area contributed by atoms with Crippen molar-refractivity contribution in [3.05, 3.63) is 29.8 Å². The normalized spacial score (nSPS) is 15.1. The summed E-state index contributed by atoms with van der Waals surface area (Å²) in [4.78, 5) is 19.2. The summed E-state index contributed by atoms with van der Waals surface area (Å²) in [6.45, 7) is 0.157. The highest BCUT2D eigenvalue weighted by Gasteiger charge is 2.39. The number of urea groups is 1. The van der Waals surface area contributed by atoms with E-state index in [1.807, 2.05) is 0 Å². The molecule has 0 bridgehead atoms. The summed E-state index contributed by atoms with van der Waals surface area (Å²) in [5, 5.41) is 2.16. The van der Waals surface area contributed by atoms with Gasteiger partial charge >= 0.3 is 6.03 Å². The van der Waals surface area contributed by atoms with Crippen LogP contribution in [0.5, 0.6) is 11.8 Å². The zero-order valence-electron chi connectivity index (χ0n) is 17.0. The van der Waals surface area contributed by atoms with Crippen molar-refractivity contribution in [2.45, 2.75) is 22.8 Å². The molecule has 0 saturated carbocycles. The van der Waals surface area contributed by atoms with Gasteiger partial charge in [0.15, 0.2) is 0 Å². The molecule has 0 unspecified atom stereocenters. The minimum Gasteiger partial charge on any atom is -0.481 e. The van der Waals surface area contributed by atoms with Crippen LogP contribution in [0.25, 0.3) is 0 Å². The Morgan fingerprint density at radius 1 is 1.22 bits per heavy atom. The van der Waals surface area contributed by atoms with Gasteiger partial charge in [-0.2, -0.15) is 14.3 Å². The number of hydrogen-bond donors (Lipinski definition) is 2. The average molecular weight is 506 g/mol. The Labute approximate surface area is 190 Å². The molecule has 0 radical (unpaired) electrons. The molecule has 174 valence electrons. The third kappa shape index (κ3) is 4.87. The van der Waals surface area contributed by atoms with Crippen molar-refractivity contribution in [1.82, 2.24) is 19.0 Å². The van der Waals surface area contributed by atoms with Crippen LogP contribution in [0.1, 0.15) is 12.0 Å². The van der Waals surface area contributed by atoms with Crippen molar-refractivity contribution in [3.8, 4) is 11.8 Å². The number of aromatic nitrogens is 2. The number of carbonyl (C=O) groups is 1. The Hall–Kier alpha value is -2.68. The van der Waals surface area contributed by atoms with E-state index in [1.54, 1.807) is 4.72 Å². The fourth-order valence-electron chi connectivity index (χ4n) is 3.00. The molecule has 2 aromatic rings. The first kappa shape index (κ1) is 24.0. The predicted molar refractivity (Wildman–Crippen MR) is 114 cm³/mol. The van der Waals surface area contributed by atoms with Gasteiger partial charge < -0.3 is 9.47 Å². The number of nitrogens with zero attached hydrogens (tertiary/aromatic N) is 3. The Morgan fingerprint density at radius 2 is 1.88 bits per heavy atom. The van der Waals surface area contributed by atoms with Crippen LogP contribution in [-0.4, -0.2) is 63.8 Å². The zero-order chi connectivity index (χ0) is 23.5. The van der Waals surface area contributed by atoms with Gasteiger partial charge in [0.1, 0.15) is 9.79 Å². The van der Waals surface area contributed by atoms with E-state index in [0.29, 0.717) is 12.0 Å². The molecule has 2 amide bonds.